The van der Waals surface area contributed by atoms with Crippen LogP contribution in [0, 0.1) is 11.3 Å². The Morgan fingerprint density at radius 3 is 2.52 bits per heavy atom. The molecule has 220 valence electrons. The fourth-order valence-electron chi connectivity index (χ4n) is 7.45. The molecule has 0 N–H and O–H groups in total. The van der Waals surface area contributed by atoms with Crippen molar-refractivity contribution in [2.75, 3.05) is 6.61 Å². The van der Waals surface area contributed by atoms with E-state index in [1.54, 1.807) is 0 Å². The number of unbranched alkanes of at least 4 members (excludes halogenated alkanes) is 3. The van der Waals surface area contributed by atoms with Crippen LogP contribution in [0.2, 0.25) is 0 Å². The second-order valence-corrected chi connectivity index (χ2v) is 12.8. The zero-order valence-corrected chi connectivity index (χ0v) is 26.0. The molecule has 3 heteroatoms. The third kappa shape index (κ3) is 4.47. The Bertz CT molecular complexity index is 1880. The van der Waals surface area contributed by atoms with E-state index in [1.807, 2.05) is 6.07 Å². The molecule has 1 atom stereocenters. The highest BCUT2D eigenvalue weighted by Gasteiger charge is 2.44. The van der Waals surface area contributed by atoms with E-state index in [2.05, 4.69) is 118 Å². The van der Waals surface area contributed by atoms with Crippen LogP contribution in [0.15, 0.2) is 96.6 Å². The molecule has 4 aromatic carbocycles. The number of benzene rings is 4. The summed E-state index contributed by atoms with van der Waals surface area (Å²) in [6, 6.07) is 25.7. The summed E-state index contributed by atoms with van der Waals surface area (Å²) in [5.74, 6) is 1.83. The Morgan fingerprint density at radius 1 is 0.955 bits per heavy atom. The molecule has 0 saturated carbocycles. The van der Waals surface area contributed by atoms with Crippen molar-refractivity contribution in [1.82, 2.24) is 0 Å². The first-order chi connectivity index (χ1) is 21.5. The molecule has 0 amide bonds. The van der Waals surface area contributed by atoms with Gasteiger partial charge >= 0.3 is 0 Å². The molecule has 4 aromatic rings. The molecule has 0 radical (unpaired) electrons. The number of fused-ring (bicyclic) bond motifs is 8. The number of ether oxygens (including phenoxy) is 2. The highest BCUT2D eigenvalue weighted by Crippen LogP contribution is 2.58. The molecule has 0 spiro atoms. The van der Waals surface area contributed by atoms with Gasteiger partial charge in [-0.05, 0) is 82.8 Å². The minimum atomic E-state index is -0.724. The average molecular weight is 578 g/mol. The van der Waals surface area contributed by atoms with Crippen molar-refractivity contribution in [3.8, 4) is 28.7 Å². The Hall–Kier alpha value is -4.55. The van der Waals surface area contributed by atoms with Crippen LogP contribution in [0.3, 0.4) is 0 Å². The molecule has 44 heavy (non-hydrogen) atoms. The predicted molar refractivity (Wildman–Crippen MR) is 180 cm³/mol. The van der Waals surface area contributed by atoms with Gasteiger partial charge in [0.25, 0.3) is 0 Å². The number of allylic oxidation sites excluding steroid dienone is 3. The summed E-state index contributed by atoms with van der Waals surface area (Å²) >= 11 is 0. The summed E-state index contributed by atoms with van der Waals surface area (Å²) in [6.45, 7) is 7.53. The van der Waals surface area contributed by atoms with Gasteiger partial charge in [0.1, 0.15) is 11.5 Å². The van der Waals surface area contributed by atoms with E-state index < -0.39 is 5.60 Å². The number of rotatable bonds is 8. The molecule has 7 rings (SSSR count). The first-order valence-electron chi connectivity index (χ1n) is 16.1. The van der Waals surface area contributed by atoms with Crippen LogP contribution in [0.25, 0.3) is 28.0 Å². The predicted octanol–water partition coefficient (Wildman–Crippen LogP) is 10.6. The van der Waals surface area contributed by atoms with E-state index in [4.69, 9.17) is 9.47 Å². The molecular formula is C41H39NO2. The first-order valence-corrected chi connectivity index (χ1v) is 16.1. The lowest BCUT2D eigenvalue weighted by atomic mass is 9.75. The molecule has 0 fully saturated rings. The Kier molecular flexibility index (Phi) is 7.17. The lowest BCUT2D eigenvalue weighted by molar-refractivity contribution is 0.154. The molecule has 1 unspecified atom stereocenters. The number of hydrogen-bond donors (Lipinski definition) is 0. The molecule has 1 aliphatic heterocycles. The van der Waals surface area contributed by atoms with E-state index in [0.29, 0.717) is 5.56 Å². The summed E-state index contributed by atoms with van der Waals surface area (Å²) in [5.41, 5.74) is 8.09. The third-order valence-electron chi connectivity index (χ3n) is 9.71. The monoisotopic (exact) mass is 577 g/mol. The second kappa shape index (κ2) is 11.2. The van der Waals surface area contributed by atoms with Gasteiger partial charge in [0.05, 0.1) is 18.2 Å². The quantitative estimate of drug-likeness (QED) is 0.196. The summed E-state index contributed by atoms with van der Waals surface area (Å²) in [5, 5.41) is 12.0. The molecule has 3 nitrogen and oxygen atoms in total. The number of nitrogens with zero attached hydrogens (tertiary/aromatic N) is 1. The molecule has 0 aromatic heterocycles. The van der Waals surface area contributed by atoms with E-state index in [1.165, 1.54) is 52.5 Å². The summed E-state index contributed by atoms with van der Waals surface area (Å²) in [7, 11) is 0. The maximum absolute atomic E-state index is 9.70. The molecule has 3 aliphatic rings. The van der Waals surface area contributed by atoms with E-state index in [-0.39, 0.29) is 5.41 Å². The van der Waals surface area contributed by atoms with Crippen LogP contribution in [0.4, 0.5) is 0 Å². The van der Waals surface area contributed by atoms with E-state index >= 15 is 0 Å². The first kappa shape index (κ1) is 28.2. The summed E-state index contributed by atoms with van der Waals surface area (Å²) in [6.07, 6.45) is 17.9. The van der Waals surface area contributed by atoms with Crippen molar-refractivity contribution in [3.63, 3.8) is 0 Å². The van der Waals surface area contributed by atoms with E-state index in [0.717, 1.165) is 53.9 Å². The Balaban J connectivity index is 1.37. The third-order valence-corrected chi connectivity index (χ3v) is 9.71. The topological polar surface area (TPSA) is 42.2 Å². The Morgan fingerprint density at radius 2 is 1.77 bits per heavy atom. The van der Waals surface area contributed by atoms with Crippen LogP contribution in [-0.4, -0.2) is 6.61 Å². The number of hydrogen-bond acceptors (Lipinski definition) is 3. The van der Waals surface area contributed by atoms with E-state index in [9.17, 15) is 5.26 Å². The van der Waals surface area contributed by atoms with Gasteiger partial charge in [0.15, 0.2) is 5.60 Å². The van der Waals surface area contributed by atoms with Gasteiger partial charge in [0.2, 0.25) is 0 Å². The van der Waals surface area contributed by atoms with Crippen LogP contribution >= 0.6 is 0 Å². The molecule has 0 saturated heterocycles. The van der Waals surface area contributed by atoms with Crippen molar-refractivity contribution < 1.29 is 9.47 Å². The lowest BCUT2D eigenvalue weighted by Crippen LogP contribution is -2.36. The van der Waals surface area contributed by atoms with Crippen molar-refractivity contribution in [3.05, 3.63) is 124 Å². The zero-order valence-electron chi connectivity index (χ0n) is 26.0. The van der Waals surface area contributed by atoms with Gasteiger partial charge in [-0.15, -0.1) is 0 Å². The standard InChI is InChI=1S/C41H39NO2/c1-4-5-6-12-25-43-31-20-18-30(19-21-31)41(29-13-8-7-9-14-29)24-23-35-38-37(32-15-10-11-16-33(32)39(35)44-41)34-22-17-28(27-42)26-36(34)40(38,2)3/h7-8,10-11,13,15-24,26H,4-6,9,12,14,25H2,1-3H3. The summed E-state index contributed by atoms with van der Waals surface area (Å²) in [4.78, 5) is 0. The van der Waals surface area contributed by atoms with Gasteiger partial charge in [-0.2, -0.15) is 5.26 Å². The molecule has 1 heterocycles. The minimum absolute atomic E-state index is 0.289. The molecule has 0 bridgehead atoms. The fourth-order valence-corrected chi connectivity index (χ4v) is 7.45. The van der Waals surface area contributed by atoms with Crippen LogP contribution in [0.1, 0.15) is 87.1 Å². The highest BCUT2D eigenvalue weighted by atomic mass is 16.5. The minimum Gasteiger partial charge on any atom is -0.494 e. The van der Waals surface area contributed by atoms with Crippen LogP contribution in [0.5, 0.6) is 11.5 Å². The van der Waals surface area contributed by atoms with Gasteiger partial charge in [0, 0.05) is 21.9 Å². The molecular weight excluding hydrogens is 538 g/mol. The van der Waals surface area contributed by atoms with Crippen molar-refractivity contribution in [2.45, 2.75) is 70.3 Å². The second-order valence-electron chi connectivity index (χ2n) is 12.8. The molecule has 2 aliphatic carbocycles. The van der Waals surface area contributed by atoms with Crippen LogP contribution in [-0.2, 0) is 11.0 Å². The van der Waals surface area contributed by atoms with Crippen molar-refractivity contribution in [1.29, 1.82) is 5.26 Å². The maximum atomic E-state index is 9.70. The Labute approximate surface area is 261 Å². The average Bonchev–Trinajstić information content (AvgIpc) is 3.31. The fraction of sp³-hybridized carbons (Fsp3) is 0.293. The smallest absolute Gasteiger partial charge is 0.174 e. The van der Waals surface area contributed by atoms with Gasteiger partial charge in [-0.1, -0.05) is 107 Å². The largest absolute Gasteiger partial charge is 0.494 e. The highest BCUT2D eigenvalue weighted by molar-refractivity contribution is 6.08. The van der Waals surface area contributed by atoms with Crippen LogP contribution < -0.4 is 9.47 Å². The lowest BCUT2D eigenvalue weighted by Gasteiger charge is -2.40. The van der Waals surface area contributed by atoms with Gasteiger partial charge in [-0.25, -0.2) is 0 Å². The number of nitriles is 1. The maximum Gasteiger partial charge on any atom is 0.174 e. The summed E-state index contributed by atoms with van der Waals surface area (Å²) < 4.78 is 13.5. The van der Waals surface area contributed by atoms with Crippen molar-refractivity contribution in [2.24, 2.45) is 0 Å². The van der Waals surface area contributed by atoms with Gasteiger partial charge in [-0.3, -0.25) is 0 Å². The SMILES string of the molecule is CCCCCCOc1ccc(C2(C3=CC=CCC3)C=Cc3c4c(c5ccccc5c3O2)-c2ccc(C#N)cc2C4(C)C)cc1. The normalized spacial score (nSPS) is 19.0. The van der Waals surface area contributed by atoms with Gasteiger partial charge < -0.3 is 9.47 Å². The van der Waals surface area contributed by atoms with Crippen molar-refractivity contribution >= 4 is 16.8 Å². The zero-order chi connectivity index (χ0) is 30.3.